The van der Waals surface area contributed by atoms with Gasteiger partial charge in [-0.25, -0.2) is 22.3 Å². The molecule has 1 aliphatic carbocycles. The first-order valence-electron chi connectivity index (χ1n) is 22.1. The first-order valence-corrected chi connectivity index (χ1v) is 25.8. The number of hydrogen-bond acceptors (Lipinski definition) is 12. The lowest BCUT2D eigenvalue weighted by molar-refractivity contribution is -0.385. The van der Waals surface area contributed by atoms with E-state index in [0.29, 0.717) is 42.9 Å². The number of nitrogens with zero attached hydrogens (tertiary/aromatic N) is 6. The van der Waals surface area contributed by atoms with Crippen LogP contribution in [0.1, 0.15) is 74.4 Å². The van der Waals surface area contributed by atoms with Crippen LogP contribution in [0.4, 0.5) is 11.4 Å². The van der Waals surface area contributed by atoms with E-state index in [-0.39, 0.29) is 46.5 Å². The van der Waals surface area contributed by atoms with Gasteiger partial charge >= 0.3 is 0 Å². The Labute approximate surface area is 390 Å². The molecule has 2 N–H and O–H groups in total. The minimum Gasteiger partial charge on any atom is -0.455 e. The van der Waals surface area contributed by atoms with Crippen molar-refractivity contribution in [2.75, 3.05) is 49.1 Å². The highest BCUT2D eigenvalue weighted by atomic mass is 35.5. The molecule has 0 radical (unpaired) electrons. The van der Waals surface area contributed by atoms with Gasteiger partial charge in [-0.1, -0.05) is 56.1 Å². The minimum absolute atomic E-state index is 0.0590. The van der Waals surface area contributed by atoms with Crippen LogP contribution in [0.25, 0.3) is 16.6 Å². The van der Waals surface area contributed by atoms with Gasteiger partial charge in [-0.2, -0.15) is 5.26 Å². The van der Waals surface area contributed by atoms with Gasteiger partial charge in [0, 0.05) is 84.2 Å². The molecule has 2 fully saturated rings. The number of carbonyl (C=O) groups excluding carboxylic acids is 1. The normalized spacial score (nSPS) is 20.7. The second-order valence-electron chi connectivity index (χ2n) is 18.4. The fourth-order valence-corrected chi connectivity index (χ4v) is 12.4. The van der Waals surface area contributed by atoms with Gasteiger partial charge in [-0.05, 0) is 109 Å². The van der Waals surface area contributed by atoms with Crippen LogP contribution in [0, 0.1) is 38.8 Å². The Kier molecular flexibility index (Phi) is 13.6. The van der Waals surface area contributed by atoms with E-state index in [0.717, 1.165) is 61.1 Å². The van der Waals surface area contributed by atoms with E-state index < -0.39 is 41.2 Å². The molecule has 1 unspecified atom stereocenters. The number of amides is 1. The third-order valence-corrected chi connectivity index (χ3v) is 17.0. The van der Waals surface area contributed by atoms with Crippen LogP contribution < -0.4 is 14.4 Å². The molecule has 346 valence electrons. The van der Waals surface area contributed by atoms with Crippen LogP contribution in [0.15, 0.2) is 100 Å². The maximum atomic E-state index is 14.0. The highest BCUT2D eigenvalue weighted by Crippen LogP contribution is 2.44. The number of ether oxygens (including phenoxy) is 1. The number of nitro benzene ring substituents is 1. The van der Waals surface area contributed by atoms with Crippen molar-refractivity contribution in [2.45, 2.75) is 64.2 Å². The summed E-state index contributed by atoms with van der Waals surface area (Å²) in [4.78, 5) is 37.4. The Bertz CT molecular complexity index is 2970. The van der Waals surface area contributed by atoms with E-state index >= 15 is 0 Å². The van der Waals surface area contributed by atoms with E-state index in [1.54, 1.807) is 30.6 Å². The van der Waals surface area contributed by atoms with Crippen molar-refractivity contribution in [3.8, 4) is 17.7 Å². The molecular formula is C48H53ClN8O7S2. The number of carbonyl (C=O) groups is 1. The molecule has 2 aromatic heterocycles. The number of aromatic nitrogens is 2. The van der Waals surface area contributed by atoms with Crippen molar-refractivity contribution in [1.82, 2.24) is 19.6 Å². The number of anilines is 1. The molecule has 3 aromatic carbocycles. The Balaban J connectivity index is 0.995. The summed E-state index contributed by atoms with van der Waals surface area (Å²) in [5, 5.41) is 22.7. The van der Waals surface area contributed by atoms with Gasteiger partial charge in [0.2, 0.25) is 6.19 Å². The maximum Gasteiger partial charge on any atom is 0.273 e. The van der Waals surface area contributed by atoms with Crippen LogP contribution in [0.5, 0.6) is 11.5 Å². The van der Waals surface area contributed by atoms with E-state index in [2.05, 4.69) is 54.8 Å². The van der Waals surface area contributed by atoms with Crippen molar-refractivity contribution < 1.29 is 27.1 Å². The van der Waals surface area contributed by atoms with Crippen molar-refractivity contribution in [3.63, 3.8) is 0 Å². The zero-order valence-corrected chi connectivity index (χ0v) is 39.6. The molecule has 1 amide bonds. The van der Waals surface area contributed by atoms with Gasteiger partial charge in [-0.15, -0.1) is 4.36 Å². The third kappa shape index (κ3) is 10.7. The number of pyridine rings is 1. The molecule has 0 bridgehead atoms. The lowest BCUT2D eigenvalue weighted by Crippen LogP contribution is -2.47. The molecule has 15 nitrogen and oxygen atoms in total. The number of nitro groups is 1. The number of piperazine rings is 1. The van der Waals surface area contributed by atoms with Crippen LogP contribution >= 0.6 is 11.6 Å². The first kappa shape index (κ1) is 46.7. The molecule has 66 heavy (non-hydrogen) atoms. The van der Waals surface area contributed by atoms with E-state index in [4.69, 9.17) is 21.6 Å². The molecule has 1 atom stereocenters. The van der Waals surface area contributed by atoms with Crippen molar-refractivity contribution in [1.29, 1.82) is 5.26 Å². The summed E-state index contributed by atoms with van der Waals surface area (Å²) in [5.41, 5.74) is 5.62. The fourth-order valence-electron chi connectivity index (χ4n) is 9.44. The molecule has 3 aliphatic rings. The summed E-state index contributed by atoms with van der Waals surface area (Å²) in [6.45, 7) is 10.5. The smallest absolute Gasteiger partial charge is 0.273 e. The van der Waals surface area contributed by atoms with E-state index in [1.165, 1.54) is 41.1 Å². The van der Waals surface area contributed by atoms with Crippen LogP contribution in [-0.2, 0) is 26.2 Å². The quantitative estimate of drug-likeness (QED) is 0.0646. The predicted molar refractivity (Wildman–Crippen MR) is 257 cm³/mol. The molecule has 2 aliphatic heterocycles. The van der Waals surface area contributed by atoms with Gasteiger partial charge in [0.15, 0.2) is 0 Å². The highest BCUT2D eigenvalue weighted by molar-refractivity contribution is 7.93. The van der Waals surface area contributed by atoms with Gasteiger partial charge in [0.05, 0.1) is 31.3 Å². The minimum atomic E-state index is -4.61. The summed E-state index contributed by atoms with van der Waals surface area (Å²) in [5.74, 6) is 0.0660. The molecule has 2 saturated heterocycles. The molecular weight excluding hydrogens is 900 g/mol. The van der Waals surface area contributed by atoms with E-state index in [9.17, 15) is 27.5 Å². The number of benzene rings is 3. The number of H-pyrrole nitrogens is 1. The zero-order chi connectivity index (χ0) is 46.8. The van der Waals surface area contributed by atoms with Crippen LogP contribution in [0.3, 0.4) is 0 Å². The maximum absolute atomic E-state index is 14.0. The zero-order valence-electron chi connectivity index (χ0n) is 37.2. The number of nitrogens with one attached hydrogen (secondary N) is 2. The number of rotatable bonds is 13. The molecule has 8 rings (SSSR count). The molecule has 18 heteroatoms. The summed E-state index contributed by atoms with van der Waals surface area (Å²) < 4.78 is 52.4. The standard InChI is InChI=1S/C48H53ClN8O7S2/c1-32(33-14-22-65(61,23-15-33)53-31-50)24-35-6-10-41(27-44(35)57(59)60)66(62,63)54-47(58)42-11-9-39(26-45(42)64-40-25-36-13-17-51-46(36)52-29-40)56-20-18-55(19-21-56)30-37-12-16-48(2,3)28-43(37)34-4-7-38(49)8-5-34/h4-11,13,17,25-27,29,32-33H,12,14-16,18-24,28,30H2,1-3H3,(H,51,52)(H,54,58). The van der Waals surface area contributed by atoms with Crippen molar-refractivity contribution in [3.05, 3.63) is 123 Å². The van der Waals surface area contributed by atoms with Crippen molar-refractivity contribution >= 4 is 65.2 Å². The summed E-state index contributed by atoms with van der Waals surface area (Å²) >= 11 is 6.24. The Morgan fingerprint density at radius 2 is 1.83 bits per heavy atom. The average Bonchev–Trinajstić information content (AvgIpc) is 3.76. The molecule has 4 heterocycles. The van der Waals surface area contributed by atoms with Gasteiger partial charge in [0.1, 0.15) is 17.1 Å². The number of nitriles is 1. The summed E-state index contributed by atoms with van der Waals surface area (Å²) in [6.07, 6.45) is 9.47. The topological polar surface area (TPSA) is 204 Å². The number of aromatic amines is 1. The van der Waals surface area contributed by atoms with Crippen LogP contribution in [0.2, 0.25) is 5.02 Å². The van der Waals surface area contributed by atoms with Gasteiger partial charge in [-0.3, -0.25) is 19.8 Å². The Hall–Kier alpha value is -5.80. The number of allylic oxidation sites excluding steroid dienone is 1. The Morgan fingerprint density at radius 3 is 2.55 bits per heavy atom. The fraction of sp³-hybridized carbons (Fsp3) is 0.396. The van der Waals surface area contributed by atoms with Crippen molar-refractivity contribution in [2.24, 2.45) is 21.6 Å². The third-order valence-electron chi connectivity index (χ3n) is 13.3. The Morgan fingerprint density at radius 1 is 1.09 bits per heavy atom. The lowest BCUT2D eigenvalue weighted by atomic mass is 9.72. The molecule has 0 saturated carbocycles. The van der Waals surface area contributed by atoms with Gasteiger partial charge in [0.25, 0.3) is 21.6 Å². The average molecular weight is 954 g/mol. The first-order chi connectivity index (χ1) is 31.5. The molecule has 0 spiro atoms. The second kappa shape index (κ2) is 19.2. The van der Waals surface area contributed by atoms with E-state index in [1.807, 2.05) is 25.1 Å². The largest absolute Gasteiger partial charge is 0.455 e. The monoisotopic (exact) mass is 952 g/mol. The second-order valence-corrected chi connectivity index (χ2v) is 23.1. The molecule has 5 aromatic rings. The SMILES string of the molecule is CC(Cc1ccc(S(=O)(=O)NC(=O)c2ccc(N3CCN(CC4=C(c5ccc(Cl)cc5)CC(C)(C)CC4)CC3)cc2Oc2cnc3[nH]ccc3c2)cc1[N+](=O)[O-])C1CCS(=O)(=NC#N)CC1. The highest BCUT2D eigenvalue weighted by Gasteiger charge is 2.32. The summed E-state index contributed by atoms with van der Waals surface area (Å²) in [6, 6.07) is 20.4. The number of fused-ring (bicyclic) bond motifs is 1. The lowest BCUT2D eigenvalue weighted by Gasteiger charge is -2.39. The number of sulfonamides is 1. The predicted octanol–water partition coefficient (Wildman–Crippen LogP) is 9.36. The summed E-state index contributed by atoms with van der Waals surface area (Å²) in [7, 11) is -7.18. The van der Waals surface area contributed by atoms with Gasteiger partial charge < -0.3 is 14.6 Å². The number of halogens is 1. The number of hydrogen-bond donors (Lipinski definition) is 2. The van der Waals surface area contributed by atoms with Crippen LogP contribution in [-0.4, -0.2) is 82.6 Å².